The van der Waals surface area contributed by atoms with Gasteiger partial charge in [-0.2, -0.15) is 8.42 Å². The van der Waals surface area contributed by atoms with Gasteiger partial charge in [-0.05, 0) is 48.9 Å². The van der Waals surface area contributed by atoms with E-state index >= 15 is 0 Å². The molecule has 164 valence electrons. The van der Waals surface area contributed by atoms with Gasteiger partial charge in [0.05, 0.1) is 18.2 Å². The fourth-order valence-electron chi connectivity index (χ4n) is 3.21. The van der Waals surface area contributed by atoms with Crippen molar-refractivity contribution in [1.29, 1.82) is 0 Å². The highest BCUT2D eigenvalue weighted by molar-refractivity contribution is 7.86. The summed E-state index contributed by atoms with van der Waals surface area (Å²) in [4.78, 5) is 16.4. The quantitative estimate of drug-likeness (QED) is 0.283. The first-order chi connectivity index (χ1) is 15.3. The van der Waals surface area contributed by atoms with Crippen LogP contribution in [0, 0.1) is 6.92 Å². The van der Waals surface area contributed by atoms with Crippen LogP contribution in [0.1, 0.15) is 21.5 Å². The summed E-state index contributed by atoms with van der Waals surface area (Å²) in [6, 6.07) is 16.3. The number of nitrogens with zero attached hydrogens (tertiary/aromatic N) is 1. The van der Waals surface area contributed by atoms with Crippen LogP contribution < -0.4 is 4.18 Å². The van der Waals surface area contributed by atoms with E-state index < -0.39 is 21.8 Å². The monoisotopic (exact) mass is 471 g/mol. The molecular weight excluding hydrogens is 454 g/mol. The largest absolute Gasteiger partial charge is 0.465 e. The van der Waals surface area contributed by atoms with E-state index in [1.807, 2.05) is 6.92 Å². The summed E-state index contributed by atoms with van der Waals surface area (Å²) in [6.07, 6.45) is 0. The lowest BCUT2D eigenvalue weighted by atomic mass is 10.1. The Hall–Kier alpha value is -3.36. The van der Waals surface area contributed by atoms with Crippen LogP contribution in [0.4, 0.5) is 0 Å². The van der Waals surface area contributed by atoms with Crippen LogP contribution in [0.15, 0.2) is 65.1 Å². The molecule has 1 aromatic heterocycles. The Bertz CT molecular complexity index is 1430. The molecule has 32 heavy (non-hydrogen) atoms. The first-order valence-electron chi connectivity index (χ1n) is 9.51. The number of hydrogen-bond acceptors (Lipinski definition) is 7. The molecule has 7 nitrogen and oxygen atoms in total. The number of aryl methyl sites for hydroxylation is 1. The topological polar surface area (TPSA) is 95.7 Å². The van der Waals surface area contributed by atoms with Crippen LogP contribution in [-0.2, 0) is 20.6 Å². The Kier molecular flexibility index (Phi) is 5.90. The molecular formula is C23H18ClNO6S. The molecule has 0 aliphatic heterocycles. The zero-order chi connectivity index (χ0) is 22.9. The predicted molar refractivity (Wildman–Crippen MR) is 120 cm³/mol. The molecule has 0 saturated heterocycles. The van der Waals surface area contributed by atoms with E-state index in [4.69, 9.17) is 24.9 Å². The van der Waals surface area contributed by atoms with Crippen LogP contribution in [0.3, 0.4) is 0 Å². The zero-order valence-electron chi connectivity index (χ0n) is 17.2. The molecule has 0 radical (unpaired) electrons. The number of benzene rings is 3. The Morgan fingerprint density at radius 2 is 1.88 bits per heavy atom. The maximum atomic E-state index is 12.9. The van der Waals surface area contributed by atoms with Crippen molar-refractivity contribution in [3.8, 4) is 17.2 Å². The van der Waals surface area contributed by atoms with Crippen LogP contribution in [0.25, 0.3) is 22.6 Å². The SMILES string of the molecule is COC(=O)c1ccccc1CS(=O)(=O)Oc1ccc(C)cc1-c1nc2cc(Cl)ccc2o1. The van der Waals surface area contributed by atoms with Crippen molar-refractivity contribution < 1.29 is 26.5 Å². The molecule has 0 aliphatic carbocycles. The van der Waals surface area contributed by atoms with Gasteiger partial charge in [0.15, 0.2) is 11.3 Å². The number of hydrogen-bond donors (Lipinski definition) is 0. The van der Waals surface area contributed by atoms with E-state index in [1.165, 1.54) is 25.3 Å². The van der Waals surface area contributed by atoms with Gasteiger partial charge in [-0.3, -0.25) is 0 Å². The van der Waals surface area contributed by atoms with Gasteiger partial charge in [0, 0.05) is 5.02 Å². The van der Waals surface area contributed by atoms with E-state index in [9.17, 15) is 13.2 Å². The molecule has 0 fully saturated rings. The van der Waals surface area contributed by atoms with Gasteiger partial charge < -0.3 is 13.3 Å². The number of halogens is 1. The molecule has 4 aromatic rings. The third-order valence-corrected chi connectivity index (χ3v) is 6.02. The first kappa shape index (κ1) is 21.9. The van der Waals surface area contributed by atoms with Crippen LogP contribution in [0.5, 0.6) is 5.75 Å². The van der Waals surface area contributed by atoms with Gasteiger partial charge in [0.1, 0.15) is 11.3 Å². The summed E-state index contributed by atoms with van der Waals surface area (Å²) < 4.78 is 41.7. The Morgan fingerprint density at radius 3 is 2.66 bits per heavy atom. The van der Waals surface area contributed by atoms with Crippen molar-refractivity contribution in [2.45, 2.75) is 12.7 Å². The molecule has 0 spiro atoms. The molecule has 4 rings (SSSR count). The summed E-state index contributed by atoms with van der Waals surface area (Å²) in [5.41, 5.74) is 2.71. The van der Waals surface area contributed by atoms with Gasteiger partial charge in [-0.25, -0.2) is 9.78 Å². The smallest absolute Gasteiger partial charge is 0.338 e. The van der Waals surface area contributed by atoms with E-state index in [2.05, 4.69) is 4.98 Å². The molecule has 9 heteroatoms. The first-order valence-corrected chi connectivity index (χ1v) is 11.5. The molecule has 0 aliphatic rings. The van der Waals surface area contributed by atoms with E-state index in [-0.39, 0.29) is 22.8 Å². The van der Waals surface area contributed by atoms with Crippen molar-refractivity contribution in [2.24, 2.45) is 0 Å². The molecule has 1 heterocycles. The standard InChI is InChI=1S/C23H18ClNO6S/c1-14-7-9-20(18(11-14)22-25-19-12-16(24)8-10-21(19)30-22)31-32(27,28)13-15-5-3-4-6-17(15)23(26)29-2/h3-12H,13H2,1-2H3. The van der Waals surface area contributed by atoms with E-state index in [1.54, 1.807) is 42.5 Å². The van der Waals surface area contributed by atoms with Gasteiger partial charge in [-0.15, -0.1) is 0 Å². The summed E-state index contributed by atoms with van der Waals surface area (Å²) in [5.74, 6) is -0.888. The number of esters is 1. The number of carbonyl (C=O) groups is 1. The highest BCUT2D eigenvalue weighted by atomic mass is 35.5. The average Bonchev–Trinajstić information content (AvgIpc) is 3.17. The summed E-state index contributed by atoms with van der Waals surface area (Å²) in [6.45, 7) is 1.86. The van der Waals surface area contributed by atoms with Crippen molar-refractivity contribution in [3.63, 3.8) is 0 Å². The number of carbonyl (C=O) groups excluding carboxylic acids is 1. The van der Waals surface area contributed by atoms with Gasteiger partial charge in [0.25, 0.3) is 0 Å². The predicted octanol–water partition coefficient (Wildman–Crippen LogP) is 5.15. The molecule has 0 unspecified atom stereocenters. The lowest BCUT2D eigenvalue weighted by molar-refractivity contribution is 0.0600. The van der Waals surface area contributed by atoms with Crippen molar-refractivity contribution in [2.75, 3.05) is 7.11 Å². The minimum absolute atomic E-state index is 0.0591. The third-order valence-electron chi connectivity index (χ3n) is 4.69. The molecule has 0 N–H and O–H groups in total. The number of ether oxygens (including phenoxy) is 1. The van der Waals surface area contributed by atoms with Gasteiger partial charge in [-0.1, -0.05) is 41.4 Å². The van der Waals surface area contributed by atoms with Crippen LogP contribution >= 0.6 is 11.6 Å². The number of oxazole rings is 1. The fourth-order valence-corrected chi connectivity index (χ4v) is 4.49. The number of methoxy groups -OCH3 is 1. The Morgan fingerprint density at radius 1 is 1.09 bits per heavy atom. The number of fused-ring (bicyclic) bond motifs is 1. The second kappa shape index (κ2) is 8.64. The second-order valence-corrected chi connectivity index (χ2v) is 9.07. The van der Waals surface area contributed by atoms with Crippen molar-refractivity contribution >= 4 is 38.8 Å². The second-order valence-electron chi connectivity index (χ2n) is 7.06. The molecule has 0 saturated carbocycles. The summed E-state index contributed by atoms with van der Waals surface area (Å²) in [5, 5.41) is 0.505. The maximum absolute atomic E-state index is 12.9. The minimum Gasteiger partial charge on any atom is -0.465 e. The summed E-state index contributed by atoms with van der Waals surface area (Å²) >= 11 is 6.02. The normalized spacial score (nSPS) is 11.5. The van der Waals surface area contributed by atoms with Crippen LogP contribution in [0.2, 0.25) is 5.02 Å². The number of aromatic nitrogens is 1. The maximum Gasteiger partial charge on any atom is 0.338 e. The fraction of sp³-hybridized carbons (Fsp3) is 0.130. The summed E-state index contributed by atoms with van der Waals surface area (Å²) in [7, 11) is -2.90. The van der Waals surface area contributed by atoms with E-state index in [0.29, 0.717) is 21.7 Å². The van der Waals surface area contributed by atoms with Gasteiger partial charge in [0.2, 0.25) is 5.89 Å². The highest BCUT2D eigenvalue weighted by Gasteiger charge is 2.23. The third kappa shape index (κ3) is 4.61. The van der Waals surface area contributed by atoms with Crippen LogP contribution in [-0.4, -0.2) is 26.5 Å². The van der Waals surface area contributed by atoms with Crippen molar-refractivity contribution in [3.05, 3.63) is 82.4 Å². The molecule has 0 atom stereocenters. The lowest BCUT2D eigenvalue weighted by Crippen LogP contribution is -2.15. The Labute approximate surface area is 189 Å². The van der Waals surface area contributed by atoms with E-state index in [0.717, 1.165) is 5.56 Å². The van der Waals surface area contributed by atoms with Crippen molar-refractivity contribution in [1.82, 2.24) is 4.98 Å². The Balaban J connectivity index is 1.70. The molecule has 0 amide bonds. The molecule has 3 aromatic carbocycles. The minimum atomic E-state index is -4.13. The average molecular weight is 472 g/mol. The van der Waals surface area contributed by atoms with Gasteiger partial charge >= 0.3 is 16.1 Å². The number of rotatable bonds is 6. The lowest BCUT2D eigenvalue weighted by Gasteiger charge is -2.12. The highest BCUT2D eigenvalue weighted by Crippen LogP contribution is 2.34. The molecule has 0 bridgehead atoms. The zero-order valence-corrected chi connectivity index (χ0v) is 18.7.